The normalized spacial score (nSPS) is 21.7. The van der Waals surface area contributed by atoms with Crippen LogP contribution in [0.5, 0.6) is 0 Å². The van der Waals surface area contributed by atoms with Crippen LogP contribution in [0.3, 0.4) is 0 Å². The van der Waals surface area contributed by atoms with Gasteiger partial charge in [-0.3, -0.25) is 4.79 Å². The van der Waals surface area contributed by atoms with E-state index in [2.05, 4.69) is 15.8 Å². The highest BCUT2D eigenvalue weighted by Crippen LogP contribution is 2.27. The molecule has 1 aromatic heterocycles. The van der Waals surface area contributed by atoms with E-state index in [4.69, 9.17) is 9.63 Å². The first kappa shape index (κ1) is 17.3. The van der Waals surface area contributed by atoms with Crippen LogP contribution in [0.4, 0.5) is 4.79 Å². The fraction of sp³-hybridized carbons (Fsp3) is 0.688. The van der Waals surface area contributed by atoms with Crippen molar-refractivity contribution in [3.8, 4) is 0 Å². The first-order chi connectivity index (χ1) is 10.7. The fourth-order valence-electron chi connectivity index (χ4n) is 3.43. The molecule has 0 spiro atoms. The average Bonchev–Trinajstić information content (AvgIpc) is 2.78. The third kappa shape index (κ3) is 4.03. The summed E-state index contributed by atoms with van der Waals surface area (Å²) < 4.78 is 5.17. The number of urea groups is 1. The molecule has 0 aliphatic heterocycles. The first-order valence-electron chi connectivity index (χ1n) is 7.95. The molecule has 0 unspecified atom stereocenters. The topological polar surface area (TPSA) is 104 Å². The number of rotatable bonds is 4. The number of hydrogen-bond donors (Lipinski definition) is 3. The van der Waals surface area contributed by atoms with Crippen LogP contribution in [-0.2, 0) is 10.3 Å². The summed E-state index contributed by atoms with van der Waals surface area (Å²) in [6.07, 6.45) is 2.59. The summed E-state index contributed by atoms with van der Waals surface area (Å²) in [6.45, 7) is 7.48. The van der Waals surface area contributed by atoms with E-state index in [9.17, 15) is 9.59 Å². The number of carbonyl (C=O) groups is 2. The summed E-state index contributed by atoms with van der Waals surface area (Å²) in [7, 11) is 0. The average molecular weight is 323 g/mol. The number of hydrogen-bond acceptors (Lipinski definition) is 4. The zero-order valence-electron chi connectivity index (χ0n) is 14.1. The quantitative estimate of drug-likeness (QED) is 0.789. The Labute approximate surface area is 135 Å². The molecule has 0 radical (unpaired) electrons. The van der Waals surface area contributed by atoms with Crippen LogP contribution < -0.4 is 10.6 Å². The standard InChI is InChI=1S/C16H25N3O4/c1-9-13(10(2)23-19-9)16(3,4)18-15(22)17-12-7-5-11(6-8-12)14(20)21/h11-12H,5-8H2,1-4H3,(H,20,21)(H2,17,18,22). The van der Waals surface area contributed by atoms with Gasteiger partial charge in [0.25, 0.3) is 0 Å². The molecule has 23 heavy (non-hydrogen) atoms. The van der Waals surface area contributed by atoms with Crippen LogP contribution in [0.1, 0.15) is 56.5 Å². The number of aliphatic carboxylic acids is 1. The summed E-state index contributed by atoms with van der Waals surface area (Å²) in [4.78, 5) is 23.2. The Morgan fingerprint density at radius 1 is 1.22 bits per heavy atom. The highest BCUT2D eigenvalue weighted by Gasteiger charge is 2.31. The minimum atomic E-state index is -0.743. The molecule has 1 saturated carbocycles. The third-order valence-corrected chi connectivity index (χ3v) is 4.50. The van der Waals surface area contributed by atoms with E-state index in [1.54, 1.807) is 0 Å². The van der Waals surface area contributed by atoms with E-state index in [0.29, 0.717) is 31.4 Å². The Kier molecular flexibility index (Phi) is 4.97. The molecule has 0 saturated heterocycles. The van der Waals surface area contributed by atoms with Gasteiger partial charge in [0, 0.05) is 11.6 Å². The van der Waals surface area contributed by atoms with Gasteiger partial charge in [-0.25, -0.2) is 4.79 Å². The van der Waals surface area contributed by atoms with Gasteiger partial charge in [0.2, 0.25) is 0 Å². The van der Waals surface area contributed by atoms with Gasteiger partial charge in [-0.15, -0.1) is 0 Å². The summed E-state index contributed by atoms with van der Waals surface area (Å²) in [5.74, 6) is -0.336. The zero-order valence-corrected chi connectivity index (χ0v) is 14.1. The van der Waals surface area contributed by atoms with Crippen molar-refractivity contribution >= 4 is 12.0 Å². The Bertz CT molecular complexity index is 567. The number of nitrogens with zero attached hydrogens (tertiary/aromatic N) is 1. The highest BCUT2D eigenvalue weighted by atomic mass is 16.5. The fourth-order valence-corrected chi connectivity index (χ4v) is 3.43. The van der Waals surface area contributed by atoms with Crippen LogP contribution in [0.15, 0.2) is 4.52 Å². The number of aromatic nitrogens is 1. The summed E-state index contributed by atoms with van der Waals surface area (Å²) >= 11 is 0. The molecule has 0 aromatic carbocycles. The van der Waals surface area contributed by atoms with E-state index in [-0.39, 0.29) is 18.0 Å². The van der Waals surface area contributed by atoms with Gasteiger partial charge >= 0.3 is 12.0 Å². The maximum absolute atomic E-state index is 12.3. The van der Waals surface area contributed by atoms with Crippen molar-refractivity contribution in [2.75, 3.05) is 0 Å². The van der Waals surface area contributed by atoms with Crippen LogP contribution >= 0.6 is 0 Å². The molecule has 1 aromatic rings. The number of nitrogens with one attached hydrogen (secondary N) is 2. The van der Waals surface area contributed by atoms with Crippen molar-refractivity contribution in [3.63, 3.8) is 0 Å². The minimum Gasteiger partial charge on any atom is -0.481 e. The van der Waals surface area contributed by atoms with Crippen molar-refractivity contribution in [1.29, 1.82) is 0 Å². The van der Waals surface area contributed by atoms with Crippen LogP contribution in [0.2, 0.25) is 0 Å². The molecule has 1 fully saturated rings. The second kappa shape index (κ2) is 6.60. The van der Waals surface area contributed by atoms with Crippen molar-refractivity contribution < 1.29 is 19.2 Å². The molecule has 0 atom stereocenters. The lowest BCUT2D eigenvalue weighted by atomic mass is 9.86. The van der Waals surface area contributed by atoms with Crippen molar-refractivity contribution in [1.82, 2.24) is 15.8 Å². The number of carboxylic acid groups (broad SMARTS) is 1. The first-order valence-corrected chi connectivity index (χ1v) is 7.95. The Morgan fingerprint density at radius 3 is 2.30 bits per heavy atom. The molecule has 7 heteroatoms. The molecule has 3 N–H and O–H groups in total. The highest BCUT2D eigenvalue weighted by molar-refractivity contribution is 5.75. The summed E-state index contributed by atoms with van der Waals surface area (Å²) in [5, 5.41) is 18.8. The third-order valence-electron chi connectivity index (χ3n) is 4.50. The van der Waals surface area contributed by atoms with Crippen molar-refractivity contribution in [2.24, 2.45) is 5.92 Å². The Hall–Kier alpha value is -2.05. The van der Waals surface area contributed by atoms with Gasteiger partial charge in [0.05, 0.1) is 17.2 Å². The number of carboxylic acids is 1. The van der Waals surface area contributed by atoms with Gasteiger partial charge in [-0.2, -0.15) is 0 Å². The molecule has 128 valence electrons. The molecule has 1 heterocycles. The van der Waals surface area contributed by atoms with Crippen molar-refractivity contribution in [3.05, 3.63) is 17.0 Å². The lowest BCUT2D eigenvalue weighted by Crippen LogP contribution is -2.50. The van der Waals surface area contributed by atoms with Crippen LogP contribution in [-0.4, -0.2) is 28.3 Å². The zero-order chi connectivity index (χ0) is 17.2. The van der Waals surface area contributed by atoms with E-state index in [1.807, 2.05) is 27.7 Å². The molecule has 7 nitrogen and oxygen atoms in total. The monoisotopic (exact) mass is 323 g/mol. The minimum absolute atomic E-state index is 0.0195. The van der Waals surface area contributed by atoms with E-state index >= 15 is 0 Å². The Balaban J connectivity index is 1.91. The lowest BCUT2D eigenvalue weighted by Gasteiger charge is -2.30. The van der Waals surface area contributed by atoms with Crippen LogP contribution in [0, 0.1) is 19.8 Å². The molecular weight excluding hydrogens is 298 g/mol. The van der Waals surface area contributed by atoms with E-state index in [0.717, 1.165) is 11.3 Å². The summed E-state index contributed by atoms with van der Waals surface area (Å²) in [6, 6.07) is -0.236. The maximum atomic E-state index is 12.3. The lowest BCUT2D eigenvalue weighted by molar-refractivity contribution is -0.142. The summed E-state index contributed by atoms with van der Waals surface area (Å²) in [5.41, 5.74) is 1.04. The van der Waals surface area contributed by atoms with Gasteiger partial charge in [-0.05, 0) is 53.4 Å². The van der Waals surface area contributed by atoms with Gasteiger partial charge in [0.15, 0.2) is 0 Å². The number of carbonyl (C=O) groups excluding carboxylic acids is 1. The largest absolute Gasteiger partial charge is 0.481 e. The predicted octanol–water partition coefficient (Wildman–Crippen LogP) is 2.47. The predicted molar refractivity (Wildman–Crippen MR) is 84.1 cm³/mol. The van der Waals surface area contributed by atoms with Crippen LogP contribution in [0.25, 0.3) is 0 Å². The molecule has 0 bridgehead atoms. The number of amides is 2. The second-order valence-corrected chi connectivity index (χ2v) is 6.81. The second-order valence-electron chi connectivity index (χ2n) is 6.81. The molecule has 1 aliphatic carbocycles. The SMILES string of the molecule is Cc1noc(C)c1C(C)(C)NC(=O)NC1CCC(C(=O)O)CC1. The molecule has 2 amide bonds. The smallest absolute Gasteiger partial charge is 0.315 e. The van der Waals surface area contributed by atoms with Crippen molar-refractivity contribution in [2.45, 2.75) is 65.0 Å². The van der Waals surface area contributed by atoms with Gasteiger partial charge < -0.3 is 20.3 Å². The maximum Gasteiger partial charge on any atom is 0.315 e. The van der Waals surface area contributed by atoms with E-state index in [1.165, 1.54) is 0 Å². The molecule has 1 aliphatic rings. The molecular formula is C16H25N3O4. The number of aryl methyl sites for hydroxylation is 2. The van der Waals surface area contributed by atoms with Gasteiger partial charge in [0.1, 0.15) is 5.76 Å². The van der Waals surface area contributed by atoms with E-state index < -0.39 is 11.5 Å². The van der Waals surface area contributed by atoms with Gasteiger partial charge in [-0.1, -0.05) is 5.16 Å². The Morgan fingerprint density at radius 2 is 1.83 bits per heavy atom. The molecule has 2 rings (SSSR count).